The van der Waals surface area contributed by atoms with Gasteiger partial charge in [0.25, 0.3) is 0 Å². The molecule has 1 aromatic carbocycles. The van der Waals surface area contributed by atoms with Gasteiger partial charge in [-0.2, -0.15) is 0 Å². The van der Waals surface area contributed by atoms with Gasteiger partial charge >= 0.3 is 6.09 Å². The maximum atomic E-state index is 12.2. The topological polar surface area (TPSA) is 32.8 Å². The maximum absolute atomic E-state index is 12.2. The van der Waals surface area contributed by atoms with Gasteiger partial charge in [-0.1, -0.05) is 30.3 Å². The van der Waals surface area contributed by atoms with Crippen molar-refractivity contribution in [3.8, 4) is 0 Å². The average molecular weight is 276 g/mol. The summed E-state index contributed by atoms with van der Waals surface area (Å²) in [7, 11) is 2.10. The Morgan fingerprint density at radius 1 is 1.20 bits per heavy atom. The third-order valence-corrected chi connectivity index (χ3v) is 3.48. The molecule has 0 aliphatic carbocycles. The van der Waals surface area contributed by atoms with Crippen LogP contribution < -0.4 is 0 Å². The van der Waals surface area contributed by atoms with Crippen molar-refractivity contribution >= 4 is 6.09 Å². The summed E-state index contributed by atoms with van der Waals surface area (Å²) in [6.45, 7) is 7.95. The van der Waals surface area contributed by atoms with Crippen LogP contribution in [-0.2, 0) is 4.74 Å². The number of nitrogens with zero attached hydrogens (tertiary/aromatic N) is 2. The predicted octanol–water partition coefficient (Wildman–Crippen LogP) is 2.91. The van der Waals surface area contributed by atoms with Crippen LogP contribution in [0.3, 0.4) is 0 Å². The molecule has 2 rings (SSSR count). The second-order valence-corrected chi connectivity index (χ2v) is 6.33. The van der Waals surface area contributed by atoms with Crippen LogP contribution in [-0.4, -0.2) is 48.2 Å². The molecule has 0 saturated carbocycles. The first-order chi connectivity index (χ1) is 9.37. The molecule has 20 heavy (non-hydrogen) atoms. The highest BCUT2D eigenvalue weighted by Gasteiger charge is 2.30. The Hall–Kier alpha value is -1.55. The summed E-state index contributed by atoms with van der Waals surface area (Å²) in [4.78, 5) is 16.3. The lowest BCUT2D eigenvalue weighted by Gasteiger charge is -2.40. The van der Waals surface area contributed by atoms with Gasteiger partial charge in [0.05, 0.1) is 6.04 Å². The highest BCUT2D eigenvalue weighted by molar-refractivity contribution is 5.68. The van der Waals surface area contributed by atoms with Gasteiger partial charge in [0, 0.05) is 19.6 Å². The fourth-order valence-corrected chi connectivity index (χ4v) is 2.40. The quantitative estimate of drug-likeness (QED) is 0.790. The van der Waals surface area contributed by atoms with E-state index in [0.29, 0.717) is 6.54 Å². The van der Waals surface area contributed by atoms with E-state index in [1.807, 2.05) is 43.9 Å². The fourth-order valence-electron chi connectivity index (χ4n) is 2.40. The molecular weight excluding hydrogens is 252 g/mol. The number of rotatable bonds is 1. The number of hydrogen-bond donors (Lipinski definition) is 0. The van der Waals surface area contributed by atoms with Gasteiger partial charge in [-0.25, -0.2) is 4.79 Å². The Balaban J connectivity index is 2.07. The zero-order valence-electron chi connectivity index (χ0n) is 12.8. The van der Waals surface area contributed by atoms with Gasteiger partial charge in [0.1, 0.15) is 5.60 Å². The van der Waals surface area contributed by atoms with Crippen LogP contribution in [0, 0.1) is 0 Å². The molecular formula is C16H24N2O2. The summed E-state index contributed by atoms with van der Waals surface area (Å²) in [6, 6.07) is 10.5. The number of hydrogen-bond acceptors (Lipinski definition) is 3. The molecule has 4 heteroatoms. The van der Waals surface area contributed by atoms with Crippen LogP contribution in [0.4, 0.5) is 4.79 Å². The molecule has 0 spiro atoms. The lowest BCUT2D eigenvalue weighted by atomic mass is 10.0. The van der Waals surface area contributed by atoms with E-state index in [-0.39, 0.29) is 12.1 Å². The molecule has 0 radical (unpaired) electrons. The van der Waals surface area contributed by atoms with E-state index in [1.165, 1.54) is 5.56 Å². The zero-order chi connectivity index (χ0) is 14.8. The van der Waals surface area contributed by atoms with Gasteiger partial charge in [-0.15, -0.1) is 0 Å². The molecule has 1 atom stereocenters. The first-order valence-electron chi connectivity index (χ1n) is 7.10. The van der Waals surface area contributed by atoms with Crippen molar-refractivity contribution in [3.05, 3.63) is 35.9 Å². The minimum atomic E-state index is -0.442. The summed E-state index contributed by atoms with van der Waals surface area (Å²) < 4.78 is 5.47. The normalized spacial score (nSPS) is 20.8. The molecule has 1 aliphatic rings. The molecule has 0 N–H and O–H groups in total. The third kappa shape index (κ3) is 3.73. The molecule has 0 bridgehead atoms. The Labute approximate surface area is 121 Å². The first kappa shape index (κ1) is 14.9. The maximum Gasteiger partial charge on any atom is 0.410 e. The molecule has 1 aromatic rings. The number of carbonyl (C=O) groups is 1. The van der Waals surface area contributed by atoms with Gasteiger partial charge in [0.2, 0.25) is 0 Å². The Morgan fingerprint density at radius 3 is 2.45 bits per heavy atom. The van der Waals surface area contributed by atoms with Crippen molar-refractivity contribution < 1.29 is 9.53 Å². The van der Waals surface area contributed by atoms with E-state index < -0.39 is 5.60 Å². The summed E-state index contributed by atoms with van der Waals surface area (Å²) in [6.07, 6.45) is -0.216. The summed E-state index contributed by atoms with van der Waals surface area (Å²) in [5.74, 6) is 0. The number of amides is 1. The van der Waals surface area contributed by atoms with E-state index in [2.05, 4.69) is 24.1 Å². The Morgan fingerprint density at radius 2 is 1.85 bits per heavy atom. The molecule has 1 saturated heterocycles. The standard InChI is InChI=1S/C16H24N2O2/c1-16(2,3)20-15(19)18-11-10-17(4)14(12-18)13-8-6-5-7-9-13/h5-9,14H,10-12H2,1-4H3. The molecule has 0 aromatic heterocycles. The van der Waals surface area contributed by atoms with E-state index in [0.717, 1.165) is 13.1 Å². The second-order valence-electron chi connectivity index (χ2n) is 6.33. The zero-order valence-corrected chi connectivity index (χ0v) is 12.8. The van der Waals surface area contributed by atoms with Crippen molar-refractivity contribution in [2.75, 3.05) is 26.7 Å². The van der Waals surface area contributed by atoms with Crippen LogP contribution >= 0.6 is 0 Å². The van der Waals surface area contributed by atoms with Crippen molar-refractivity contribution in [2.24, 2.45) is 0 Å². The molecule has 1 aliphatic heterocycles. The number of ether oxygens (including phenoxy) is 1. The van der Waals surface area contributed by atoms with Gasteiger partial charge in [-0.05, 0) is 33.4 Å². The van der Waals surface area contributed by atoms with Crippen molar-refractivity contribution in [1.29, 1.82) is 0 Å². The van der Waals surface area contributed by atoms with Gasteiger partial charge in [0.15, 0.2) is 0 Å². The summed E-state index contributed by atoms with van der Waals surface area (Å²) >= 11 is 0. The van der Waals surface area contributed by atoms with Crippen LogP contribution in [0.2, 0.25) is 0 Å². The lowest BCUT2D eigenvalue weighted by Crippen LogP contribution is -2.50. The Bertz CT molecular complexity index is 453. The molecule has 1 heterocycles. The van der Waals surface area contributed by atoms with Gasteiger partial charge in [-0.3, -0.25) is 4.90 Å². The monoisotopic (exact) mass is 276 g/mol. The molecule has 4 nitrogen and oxygen atoms in total. The largest absolute Gasteiger partial charge is 0.444 e. The first-order valence-corrected chi connectivity index (χ1v) is 7.10. The number of piperazine rings is 1. The van der Waals surface area contributed by atoms with E-state index in [1.54, 1.807) is 0 Å². The molecule has 1 unspecified atom stereocenters. The van der Waals surface area contributed by atoms with Crippen LogP contribution in [0.25, 0.3) is 0 Å². The summed E-state index contributed by atoms with van der Waals surface area (Å²) in [5, 5.41) is 0. The third-order valence-electron chi connectivity index (χ3n) is 3.48. The number of likely N-dealkylation sites (N-methyl/N-ethyl adjacent to an activating group) is 1. The van der Waals surface area contributed by atoms with Crippen LogP contribution in [0.5, 0.6) is 0 Å². The minimum Gasteiger partial charge on any atom is -0.444 e. The van der Waals surface area contributed by atoms with E-state index in [4.69, 9.17) is 4.74 Å². The lowest BCUT2D eigenvalue weighted by molar-refractivity contribution is 0.00739. The van der Waals surface area contributed by atoms with Crippen LogP contribution in [0.15, 0.2) is 30.3 Å². The average Bonchev–Trinajstić information content (AvgIpc) is 2.38. The van der Waals surface area contributed by atoms with Crippen molar-refractivity contribution in [2.45, 2.75) is 32.4 Å². The summed E-state index contributed by atoms with van der Waals surface area (Å²) in [5.41, 5.74) is 0.797. The Kier molecular flexibility index (Phi) is 4.33. The molecule has 110 valence electrons. The van der Waals surface area contributed by atoms with E-state index in [9.17, 15) is 4.79 Å². The van der Waals surface area contributed by atoms with E-state index >= 15 is 0 Å². The molecule has 1 fully saturated rings. The van der Waals surface area contributed by atoms with Crippen molar-refractivity contribution in [3.63, 3.8) is 0 Å². The number of benzene rings is 1. The van der Waals surface area contributed by atoms with Crippen LogP contribution in [0.1, 0.15) is 32.4 Å². The minimum absolute atomic E-state index is 0.216. The van der Waals surface area contributed by atoms with Gasteiger partial charge < -0.3 is 9.64 Å². The smallest absolute Gasteiger partial charge is 0.410 e. The highest BCUT2D eigenvalue weighted by atomic mass is 16.6. The molecule has 1 amide bonds. The SMILES string of the molecule is CN1CCN(C(=O)OC(C)(C)C)CC1c1ccccc1. The second kappa shape index (κ2) is 5.83. The highest BCUT2D eigenvalue weighted by Crippen LogP contribution is 2.24. The fraction of sp³-hybridized carbons (Fsp3) is 0.562. The number of carbonyl (C=O) groups excluding carboxylic acids is 1. The predicted molar refractivity (Wildman–Crippen MR) is 79.6 cm³/mol. The van der Waals surface area contributed by atoms with Crippen molar-refractivity contribution in [1.82, 2.24) is 9.80 Å².